The molecule has 0 N–H and O–H groups in total. The number of ether oxygens (including phenoxy) is 2. The van der Waals surface area contributed by atoms with Gasteiger partial charge in [-0.2, -0.15) is 0 Å². The summed E-state index contributed by atoms with van der Waals surface area (Å²) in [4.78, 5) is 23.0. The molecule has 4 heteroatoms. The topological polar surface area (TPSA) is 52.6 Å². The van der Waals surface area contributed by atoms with E-state index in [1.807, 2.05) is 0 Å². The predicted molar refractivity (Wildman–Crippen MR) is 77.1 cm³/mol. The van der Waals surface area contributed by atoms with Crippen LogP contribution in [0.4, 0.5) is 0 Å². The molecule has 0 aromatic heterocycles. The zero-order valence-electron chi connectivity index (χ0n) is 12.6. The van der Waals surface area contributed by atoms with Gasteiger partial charge < -0.3 is 9.47 Å². The Balaban J connectivity index is 2.23. The minimum atomic E-state index is -0.477. The molecule has 0 aromatic carbocycles. The highest BCUT2D eigenvalue weighted by molar-refractivity contribution is 5.91. The lowest BCUT2D eigenvalue weighted by Crippen LogP contribution is -2.27. The molecule has 1 aliphatic rings. The van der Waals surface area contributed by atoms with Crippen molar-refractivity contribution in [1.29, 1.82) is 0 Å². The van der Waals surface area contributed by atoms with E-state index in [1.165, 1.54) is 12.5 Å². The standard InChI is InChI=1S/C16H26O4/c1-3-4-7-12-19-15(17)10-11-16(18)20-14-9-6-5-8-13(14)2/h10-11,13-14H,3-9,12H2,1-2H3/b11-10+. The fraction of sp³-hybridized carbons (Fsp3) is 0.750. The number of unbranched alkanes of at least 4 members (excludes halogenated alkanes) is 2. The van der Waals surface area contributed by atoms with Gasteiger partial charge in [-0.1, -0.05) is 33.1 Å². The average molecular weight is 282 g/mol. The van der Waals surface area contributed by atoms with Gasteiger partial charge in [0, 0.05) is 12.2 Å². The molecule has 1 saturated carbocycles. The minimum absolute atomic E-state index is 0.0125. The Morgan fingerprint density at radius 2 is 1.80 bits per heavy atom. The lowest BCUT2D eigenvalue weighted by Gasteiger charge is -2.27. The van der Waals surface area contributed by atoms with E-state index in [0.717, 1.165) is 44.6 Å². The highest BCUT2D eigenvalue weighted by Gasteiger charge is 2.23. The summed E-state index contributed by atoms with van der Waals surface area (Å²) in [5, 5.41) is 0. The van der Waals surface area contributed by atoms with E-state index < -0.39 is 11.9 Å². The first-order valence-electron chi connectivity index (χ1n) is 7.69. The van der Waals surface area contributed by atoms with Crippen molar-refractivity contribution in [2.24, 2.45) is 5.92 Å². The molecule has 0 aromatic rings. The van der Waals surface area contributed by atoms with E-state index in [4.69, 9.17) is 9.47 Å². The number of esters is 2. The Hall–Kier alpha value is -1.32. The lowest BCUT2D eigenvalue weighted by atomic mass is 9.88. The predicted octanol–water partition coefficient (Wildman–Crippen LogP) is 3.40. The third-order valence-corrected chi connectivity index (χ3v) is 3.65. The van der Waals surface area contributed by atoms with Gasteiger partial charge in [-0.25, -0.2) is 9.59 Å². The number of carbonyl (C=O) groups is 2. The number of carbonyl (C=O) groups excluding carboxylic acids is 2. The maximum absolute atomic E-state index is 11.6. The summed E-state index contributed by atoms with van der Waals surface area (Å²) in [5.41, 5.74) is 0. The summed E-state index contributed by atoms with van der Waals surface area (Å²) in [6.45, 7) is 4.60. The van der Waals surface area contributed by atoms with Crippen LogP contribution < -0.4 is 0 Å². The summed E-state index contributed by atoms with van der Waals surface area (Å²) in [6.07, 6.45) is 9.62. The smallest absolute Gasteiger partial charge is 0.331 e. The zero-order valence-corrected chi connectivity index (χ0v) is 12.6. The minimum Gasteiger partial charge on any atom is -0.463 e. The van der Waals surface area contributed by atoms with Crippen LogP contribution in [0.1, 0.15) is 58.8 Å². The molecule has 2 unspecified atom stereocenters. The van der Waals surface area contributed by atoms with Gasteiger partial charge >= 0.3 is 11.9 Å². The van der Waals surface area contributed by atoms with Crippen molar-refractivity contribution < 1.29 is 19.1 Å². The van der Waals surface area contributed by atoms with Gasteiger partial charge in [0.05, 0.1) is 6.61 Å². The second kappa shape index (κ2) is 9.56. The van der Waals surface area contributed by atoms with Gasteiger partial charge in [0.15, 0.2) is 0 Å². The van der Waals surface area contributed by atoms with Crippen molar-refractivity contribution in [3.8, 4) is 0 Å². The van der Waals surface area contributed by atoms with Crippen LogP contribution in [-0.2, 0) is 19.1 Å². The highest BCUT2D eigenvalue weighted by atomic mass is 16.5. The Morgan fingerprint density at radius 3 is 2.50 bits per heavy atom. The van der Waals surface area contributed by atoms with E-state index in [-0.39, 0.29) is 6.10 Å². The van der Waals surface area contributed by atoms with E-state index in [9.17, 15) is 9.59 Å². The molecule has 0 spiro atoms. The van der Waals surface area contributed by atoms with Gasteiger partial charge in [-0.3, -0.25) is 0 Å². The molecule has 0 amide bonds. The molecule has 0 saturated heterocycles. The Morgan fingerprint density at radius 1 is 1.10 bits per heavy atom. The van der Waals surface area contributed by atoms with Crippen LogP contribution in [0.25, 0.3) is 0 Å². The first kappa shape index (κ1) is 16.7. The second-order valence-electron chi connectivity index (χ2n) is 5.45. The molecule has 1 rings (SSSR count). The monoisotopic (exact) mass is 282 g/mol. The quantitative estimate of drug-likeness (QED) is 0.408. The molecular formula is C16H26O4. The van der Waals surface area contributed by atoms with Crippen molar-refractivity contribution in [1.82, 2.24) is 0 Å². The van der Waals surface area contributed by atoms with Crippen molar-refractivity contribution in [3.63, 3.8) is 0 Å². The molecule has 2 atom stereocenters. The number of rotatable bonds is 7. The van der Waals surface area contributed by atoms with Crippen molar-refractivity contribution in [2.75, 3.05) is 6.61 Å². The maximum atomic E-state index is 11.6. The third kappa shape index (κ3) is 6.73. The van der Waals surface area contributed by atoms with Crippen molar-refractivity contribution in [3.05, 3.63) is 12.2 Å². The summed E-state index contributed by atoms with van der Waals surface area (Å²) in [5.74, 6) is -0.522. The molecule has 0 aliphatic heterocycles. The van der Waals surface area contributed by atoms with E-state index in [1.54, 1.807) is 0 Å². The molecule has 4 nitrogen and oxygen atoms in total. The maximum Gasteiger partial charge on any atom is 0.331 e. The summed E-state index contributed by atoms with van der Waals surface area (Å²) < 4.78 is 10.3. The number of hydrogen-bond acceptors (Lipinski definition) is 4. The van der Waals surface area contributed by atoms with Crippen LogP contribution in [0.2, 0.25) is 0 Å². The van der Waals surface area contributed by atoms with Crippen molar-refractivity contribution >= 4 is 11.9 Å². The average Bonchev–Trinajstić information content (AvgIpc) is 2.44. The van der Waals surface area contributed by atoms with Crippen molar-refractivity contribution in [2.45, 2.75) is 64.9 Å². The fourth-order valence-electron chi connectivity index (χ4n) is 2.35. The van der Waals surface area contributed by atoms with Gasteiger partial charge in [0.2, 0.25) is 0 Å². The molecule has 0 bridgehead atoms. The normalized spacial score (nSPS) is 22.7. The third-order valence-electron chi connectivity index (χ3n) is 3.65. The van der Waals surface area contributed by atoms with Gasteiger partial charge in [0.25, 0.3) is 0 Å². The lowest BCUT2D eigenvalue weighted by molar-refractivity contribution is -0.147. The molecule has 1 aliphatic carbocycles. The summed E-state index contributed by atoms with van der Waals surface area (Å²) in [7, 11) is 0. The molecule has 0 radical (unpaired) electrons. The Kier molecular flexibility index (Phi) is 8.00. The molecule has 114 valence electrons. The largest absolute Gasteiger partial charge is 0.463 e. The van der Waals surface area contributed by atoms with E-state index in [0.29, 0.717) is 12.5 Å². The molecular weight excluding hydrogens is 256 g/mol. The Labute approximate surface area is 121 Å². The first-order chi connectivity index (χ1) is 9.63. The van der Waals surface area contributed by atoms with E-state index in [2.05, 4.69) is 13.8 Å². The van der Waals surface area contributed by atoms with Gasteiger partial charge in [-0.15, -0.1) is 0 Å². The van der Waals surface area contributed by atoms with Crippen LogP contribution in [0, 0.1) is 5.92 Å². The first-order valence-corrected chi connectivity index (χ1v) is 7.69. The second-order valence-corrected chi connectivity index (χ2v) is 5.45. The van der Waals surface area contributed by atoms with Crippen LogP contribution in [0.3, 0.4) is 0 Å². The summed E-state index contributed by atoms with van der Waals surface area (Å²) in [6, 6.07) is 0. The van der Waals surface area contributed by atoms with Crippen LogP contribution in [0.15, 0.2) is 12.2 Å². The van der Waals surface area contributed by atoms with Gasteiger partial charge in [-0.05, 0) is 31.6 Å². The van der Waals surface area contributed by atoms with Crippen LogP contribution >= 0.6 is 0 Å². The molecule has 20 heavy (non-hydrogen) atoms. The number of hydrogen-bond donors (Lipinski definition) is 0. The highest BCUT2D eigenvalue weighted by Crippen LogP contribution is 2.26. The van der Waals surface area contributed by atoms with E-state index >= 15 is 0 Å². The van der Waals surface area contributed by atoms with Crippen LogP contribution in [-0.4, -0.2) is 24.6 Å². The van der Waals surface area contributed by atoms with Gasteiger partial charge in [0.1, 0.15) is 6.10 Å². The SMILES string of the molecule is CCCCCOC(=O)/C=C/C(=O)OC1CCCCC1C. The zero-order chi connectivity index (χ0) is 14.8. The Bertz CT molecular complexity index is 335. The van der Waals surface area contributed by atoms with Crippen LogP contribution in [0.5, 0.6) is 0 Å². The fourth-order valence-corrected chi connectivity index (χ4v) is 2.35. The molecule has 0 heterocycles. The molecule has 1 fully saturated rings. The summed E-state index contributed by atoms with van der Waals surface area (Å²) >= 11 is 0.